The van der Waals surface area contributed by atoms with E-state index in [2.05, 4.69) is 15.1 Å². The van der Waals surface area contributed by atoms with Crippen LogP contribution in [0.1, 0.15) is 18.7 Å². The third-order valence-electron chi connectivity index (χ3n) is 3.45. The minimum Gasteiger partial charge on any atom is -0.419 e. The summed E-state index contributed by atoms with van der Waals surface area (Å²) in [4.78, 5) is 2.21. The molecule has 1 aromatic carbocycles. The number of aliphatic hydroxyl groups excluding tert-OH is 1. The van der Waals surface area contributed by atoms with Gasteiger partial charge < -0.3 is 9.52 Å². The van der Waals surface area contributed by atoms with Gasteiger partial charge in [0.15, 0.2) is 0 Å². The SMILES string of the molecule is OC1CCN(Cc2nnc(-c3cccc(Cl)c3)o2)CC1. The molecule has 1 saturated heterocycles. The van der Waals surface area contributed by atoms with Gasteiger partial charge in [-0.25, -0.2) is 0 Å². The molecule has 0 unspecified atom stereocenters. The number of halogens is 1. The normalized spacial score (nSPS) is 17.5. The summed E-state index contributed by atoms with van der Waals surface area (Å²) < 4.78 is 5.67. The molecule has 1 N–H and O–H groups in total. The summed E-state index contributed by atoms with van der Waals surface area (Å²) in [6.07, 6.45) is 1.43. The van der Waals surface area contributed by atoms with Crippen LogP contribution < -0.4 is 0 Å². The number of likely N-dealkylation sites (tertiary alicyclic amines) is 1. The highest BCUT2D eigenvalue weighted by Gasteiger charge is 2.19. The first kappa shape index (κ1) is 13.5. The van der Waals surface area contributed by atoms with Crippen LogP contribution in [0, 0.1) is 0 Å². The molecule has 106 valence electrons. The molecular weight excluding hydrogens is 278 g/mol. The molecule has 0 bridgehead atoms. The van der Waals surface area contributed by atoms with Gasteiger partial charge in [0, 0.05) is 23.7 Å². The maximum absolute atomic E-state index is 9.48. The molecule has 0 atom stereocenters. The fourth-order valence-corrected chi connectivity index (χ4v) is 2.51. The van der Waals surface area contributed by atoms with E-state index in [1.54, 1.807) is 12.1 Å². The molecule has 20 heavy (non-hydrogen) atoms. The Morgan fingerprint density at radius 3 is 2.85 bits per heavy atom. The largest absolute Gasteiger partial charge is 0.419 e. The smallest absolute Gasteiger partial charge is 0.247 e. The summed E-state index contributed by atoms with van der Waals surface area (Å²) in [5, 5.41) is 18.3. The van der Waals surface area contributed by atoms with Gasteiger partial charge in [0.25, 0.3) is 0 Å². The molecule has 2 aromatic rings. The summed E-state index contributed by atoms with van der Waals surface area (Å²) in [5.41, 5.74) is 0.824. The van der Waals surface area contributed by atoms with Crippen molar-refractivity contribution in [2.75, 3.05) is 13.1 Å². The molecule has 0 radical (unpaired) electrons. The van der Waals surface area contributed by atoms with E-state index in [1.165, 1.54) is 0 Å². The number of hydrogen-bond acceptors (Lipinski definition) is 5. The van der Waals surface area contributed by atoms with Crippen LogP contribution in [0.2, 0.25) is 5.02 Å². The lowest BCUT2D eigenvalue weighted by Gasteiger charge is -2.27. The zero-order valence-corrected chi connectivity index (χ0v) is 11.8. The quantitative estimate of drug-likeness (QED) is 0.941. The number of aliphatic hydroxyl groups is 1. The highest BCUT2D eigenvalue weighted by molar-refractivity contribution is 6.30. The molecule has 5 nitrogen and oxygen atoms in total. The van der Waals surface area contributed by atoms with Crippen molar-refractivity contribution in [2.45, 2.75) is 25.5 Å². The van der Waals surface area contributed by atoms with E-state index < -0.39 is 0 Å². The number of benzene rings is 1. The third kappa shape index (κ3) is 3.17. The molecule has 0 amide bonds. The Hall–Kier alpha value is -1.43. The van der Waals surface area contributed by atoms with Crippen LogP contribution in [0.15, 0.2) is 28.7 Å². The maximum Gasteiger partial charge on any atom is 0.247 e. The van der Waals surface area contributed by atoms with Crippen LogP contribution in [0.4, 0.5) is 0 Å². The number of hydrogen-bond donors (Lipinski definition) is 1. The molecule has 6 heteroatoms. The highest BCUT2D eigenvalue weighted by atomic mass is 35.5. The first-order valence-corrected chi connectivity index (χ1v) is 7.07. The van der Waals surface area contributed by atoms with E-state index >= 15 is 0 Å². The van der Waals surface area contributed by atoms with E-state index in [1.807, 2.05) is 12.1 Å². The van der Waals surface area contributed by atoms with Gasteiger partial charge in [-0.1, -0.05) is 17.7 Å². The van der Waals surface area contributed by atoms with Gasteiger partial charge in [0.05, 0.1) is 12.6 Å². The van der Waals surface area contributed by atoms with Crippen LogP contribution >= 0.6 is 11.6 Å². The summed E-state index contributed by atoms with van der Waals surface area (Å²) in [5.74, 6) is 1.08. The Labute approximate surface area is 122 Å². The molecule has 1 fully saturated rings. The fraction of sp³-hybridized carbons (Fsp3) is 0.429. The van der Waals surface area contributed by atoms with Crippen molar-refractivity contribution < 1.29 is 9.52 Å². The van der Waals surface area contributed by atoms with E-state index in [0.717, 1.165) is 31.5 Å². The van der Waals surface area contributed by atoms with Crippen molar-refractivity contribution in [3.63, 3.8) is 0 Å². The number of piperidine rings is 1. The van der Waals surface area contributed by atoms with Crippen molar-refractivity contribution in [3.05, 3.63) is 35.2 Å². The van der Waals surface area contributed by atoms with Crippen LogP contribution in [0.5, 0.6) is 0 Å². The Balaban J connectivity index is 1.68. The number of aromatic nitrogens is 2. The summed E-state index contributed by atoms with van der Waals surface area (Å²) in [6, 6.07) is 7.35. The Kier molecular flexibility index (Phi) is 4.00. The summed E-state index contributed by atoms with van der Waals surface area (Å²) >= 11 is 5.95. The van der Waals surface area contributed by atoms with E-state index in [9.17, 15) is 5.11 Å². The summed E-state index contributed by atoms with van der Waals surface area (Å²) in [7, 11) is 0. The lowest BCUT2D eigenvalue weighted by molar-refractivity contribution is 0.0752. The zero-order chi connectivity index (χ0) is 13.9. The van der Waals surface area contributed by atoms with E-state index in [0.29, 0.717) is 23.3 Å². The van der Waals surface area contributed by atoms with Crippen molar-refractivity contribution >= 4 is 11.6 Å². The third-order valence-corrected chi connectivity index (χ3v) is 3.69. The van der Waals surface area contributed by atoms with Gasteiger partial charge >= 0.3 is 0 Å². The van der Waals surface area contributed by atoms with Gasteiger partial charge in [-0.3, -0.25) is 4.90 Å². The first-order chi connectivity index (χ1) is 9.70. The molecular formula is C14H16ClN3O2. The summed E-state index contributed by atoms with van der Waals surface area (Å²) in [6.45, 7) is 2.34. The van der Waals surface area contributed by atoms with Gasteiger partial charge in [-0.2, -0.15) is 0 Å². The first-order valence-electron chi connectivity index (χ1n) is 6.69. The molecule has 3 rings (SSSR count). The van der Waals surface area contributed by atoms with Crippen molar-refractivity contribution in [1.82, 2.24) is 15.1 Å². The van der Waals surface area contributed by atoms with Crippen LogP contribution in [0.3, 0.4) is 0 Å². The second kappa shape index (κ2) is 5.91. The van der Waals surface area contributed by atoms with Crippen LogP contribution in [-0.2, 0) is 6.54 Å². The Morgan fingerprint density at radius 2 is 2.10 bits per heavy atom. The molecule has 1 aromatic heterocycles. The monoisotopic (exact) mass is 293 g/mol. The Bertz CT molecular complexity index is 579. The lowest BCUT2D eigenvalue weighted by atomic mass is 10.1. The molecule has 0 spiro atoms. The Morgan fingerprint density at radius 1 is 1.30 bits per heavy atom. The molecule has 1 aliphatic heterocycles. The van der Waals surface area contributed by atoms with E-state index in [4.69, 9.17) is 16.0 Å². The minimum absolute atomic E-state index is 0.170. The van der Waals surface area contributed by atoms with Gasteiger partial charge in [-0.05, 0) is 31.0 Å². The molecule has 0 saturated carbocycles. The number of nitrogens with zero attached hydrogens (tertiary/aromatic N) is 3. The van der Waals surface area contributed by atoms with Gasteiger partial charge in [0.1, 0.15) is 0 Å². The highest BCUT2D eigenvalue weighted by Crippen LogP contribution is 2.22. The maximum atomic E-state index is 9.48. The van der Waals surface area contributed by atoms with Crippen LogP contribution in [-0.4, -0.2) is 39.4 Å². The minimum atomic E-state index is -0.170. The van der Waals surface area contributed by atoms with Crippen molar-refractivity contribution in [1.29, 1.82) is 0 Å². The average molecular weight is 294 g/mol. The average Bonchev–Trinajstić information content (AvgIpc) is 2.90. The standard InChI is InChI=1S/C14H16ClN3O2/c15-11-3-1-2-10(8-11)14-17-16-13(20-14)9-18-6-4-12(19)5-7-18/h1-3,8,12,19H,4-7,9H2. The molecule has 2 heterocycles. The van der Waals surface area contributed by atoms with Crippen LogP contribution in [0.25, 0.3) is 11.5 Å². The topological polar surface area (TPSA) is 62.4 Å². The van der Waals surface area contributed by atoms with Gasteiger partial charge in [0.2, 0.25) is 11.8 Å². The van der Waals surface area contributed by atoms with Crippen molar-refractivity contribution in [2.24, 2.45) is 0 Å². The fourth-order valence-electron chi connectivity index (χ4n) is 2.32. The molecule has 1 aliphatic rings. The zero-order valence-electron chi connectivity index (χ0n) is 11.0. The predicted molar refractivity (Wildman–Crippen MR) is 75.3 cm³/mol. The second-order valence-electron chi connectivity index (χ2n) is 5.02. The van der Waals surface area contributed by atoms with Crippen molar-refractivity contribution in [3.8, 4) is 11.5 Å². The lowest BCUT2D eigenvalue weighted by Crippen LogP contribution is -2.35. The number of rotatable bonds is 3. The molecule has 0 aliphatic carbocycles. The second-order valence-corrected chi connectivity index (χ2v) is 5.46. The van der Waals surface area contributed by atoms with E-state index in [-0.39, 0.29) is 6.10 Å². The predicted octanol–water partition coefficient (Wildman–Crippen LogP) is 2.35. The van der Waals surface area contributed by atoms with Gasteiger partial charge in [-0.15, -0.1) is 10.2 Å².